The molecule has 0 radical (unpaired) electrons. The molecule has 0 spiro atoms. The summed E-state index contributed by atoms with van der Waals surface area (Å²) in [6.45, 7) is 4.61. The minimum absolute atomic E-state index is 0.00484. The number of aromatic nitrogens is 4. The molecule has 30 heavy (non-hydrogen) atoms. The Labute approximate surface area is 176 Å². The van der Waals surface area contributed by atoms with Crippen LogP contribution in [0.5, 0.6) is 0 Å². The minimum Gasteiger partial charge on any atom is -0.344 e. The Balaban J connectivity index is 1.79. The summed E-state index contributed by atoms with van der Waals surface area (Å²) in [7, 11) is -2.11. The molecule has 0 saturated heterocycles. The van der Waals surface area contributed by atoms with Gasteiger partial charge in [0.2, 0.25) is 10.0 Å². The van der Waals surface area contributed by atoms with Crippen LogP contribution in [0.15, 0.2) is 53.8 Å². The monoisotopic (exact) mass is 430 g/mol. The van der Waals surface area contributed by atoms with Gasteiger partial charge in [0.25, 0.3) is 5.91 Å². The van der Waals surface area contributed by atoms with E-state index in [0.29, 0.717) is 5.56 Å². The van der Waals surface area contributed by atoms with Gasteiger partial charge in [-0.3, -0.25) is 14.2 Å². The molecule has 10 heteroatoms. The van der Waals surface area contributed by atoms with Crippen LogP contribution in [0, 0.1) is 6.92 Å². The lowest BCUT2D eigenvalue weighted by Gasteiger charge is -2.20. The number of sulfonamides is 1. The number of nitrogens with one attached hydrogen (secondary N) is 2. The quantitative estimate of drug-likeness (QED) is 0.538. The number of hydrogen-bond acceptors (Lipinski definition) is 5. The summed E-state index contributed by atoms with van der Waals surface area (Å²) in [4.78, 5) is 13.0. The molecule has 1 aromatic carbocycles. The maximum absolute atomic E-state index is 12.9. The number of amides is 1. The van der Waals surface area contributed by atoms with Crippen molar-refractivity contribution in [2.75, 3.05) is 6.54 Å². The second kappa shape index (κ2) is 9.23. The number of aryl methyl sites for hydroxylation is 2. The third kappa shape index (κ3) is 4.95. The first kappa shape index (κ1) is 21.7. The Morgan fingerprint density at radius 1 is 1.17 bits per heavy atom. The highest BCUT2D eigenvalue weighted by molar-refractivity contribution is 7.89. The molecule has 0 bridgehead atoms. The van der Waals surface area contributed by atoms with Crippen molar-refractivity contribution in [2.45, 2.75) is 37.8 Å². The second-order valence-corrected chi connectivity index (χ2v) is 8.77. The zero-order valence-electron chi connectivity index (χ0n) is 17.2. The molecule has 3 aromatic rings. The zero-order valence-corrected chi connectivity index (χ0v) is 18.1. The van der Waals surface area contributed by atoms with Crippen LogP contribution in [-0.2, 0) is 23.6 Å². The number of nitrogens with zero attached hydrogens (tertiary/aromatic N) is 4. The molecular formula is C20H26N6O3S. The lowest BCUT2D eigenvalue weighted by Crippen LogP contribution is -2.38. The van der Waals surface area contributed by atoms with Gasteiger partial charge in [-0.25, -0.2) is 13.1 Å². The Morgan fingerprint density at radius 3 is 2.53 bits per heavy atom. The van der Waals surface area contributed by atoms with E-state index in [1.165, 1.54) is 17.1 Å². The fraction of sp³-hybridized carbons (Fsp3) is 0.350. The van der Waals surface area contributed by atoms with Crippen molar-refractivity contribution >= 4 is 15.9 Å². The number of hydrogen-bond donors (Lipinski definition) is 2. The van der Waals surface area contributed by atoms with Crippen LogP contribution in [0.3, 0.4) is 0 Å². The van der Waals surface area contributed by atoms with Crippen LogP contribution in [-0.4, -0.2) is 40.4 Å². The van der Waals surface area contributed by atoms with Gasteiger partial charge in [0, 0.05) is 32.0 Å². The van der Waals surface area contributed by atoms with Crippen LogP contribution in [0.1, 0.15) is 41.0 Å². The van der Waals surface area contributed by atoms with Crippen molar-refractivity contribution in [1.29, 1.82) is 0 Å². The van der Waals surface area contributed by atoms with Crippen molar-refractivity contribution in [3.8, 4) is 0 Å². The van der Waals surface area contributed by atoms with Crippen molar-refractivity contribution in [2.24, 2.45) is 7.05 Å². The largest absolute Gasteiger partial charge is 0.344 e. The molecule has 0 aliphatic rings. The molecule has 2 N–H and O–H groups in total. The molecule has 1 amide bonds. The maximum Gasteiger partial charge on any atom is 0.255 e. The van der Waals surface area contributed by atoms with E-state index in [1.807, 2.05) is 44.2 Å². The summed E-state index contributed by atoms with van der Waals surface area (Å²) in [5.74, 6) is -0.302. The predicted molar refractivity (Wildman–Crippen MR) is 112 cm³/mol. The SMILES string of the molecule is CCCn1ncc(C(=O)NC(CNS(=O)(=O)c2cnn(C)c2)c2ccccc2)c1C. The van der Waals surface area contributed by atoms with E-state index in [2.05, 4.69) is 20.2 Å². The predicted octanol–water partition coefficient (Wildman–Crippen LogP) is 1.78. The standard InChI is InChI=1S/C20H26N6O3S/c1-4-10-26-15(2)18(12-22-26)20(27)24-19(16-8-6-5-7-9-16)13-23-30(28,29)17-11-21-25(3)14-17/h5-9,11-12,14,19,23H,4,10,13H2,1-3H3,(H,24,27). The van der Waals surface area contributed by atoms with Crippen LogP contribution in [0.2, 0.25) is 0 Å². The highest BCUT2D eigenvalue weighted by Crippen LogP contribution is 2.16. The molecule has 1 unspecified atom stereocenters. The van der Waals surface area contributed by atoms with Crippen LogP contribution >= 0.6 is 0 Å². The number of carbonyl (C=O) groups is 1. The lowest BCUT2D eigenvalue weighted by atomic mass is 10.1. The lowest BCUT2D eigenvalue weighted by molar-refractivity contribution is 0.0936. The van der Waals surface area contributed by atoms with E-state index in [4.69, 9.17) is 0 Å². The first-order chi connectivity index (χ1) is 14.3. The van der Waals surface area contributed by atoms with Gasteiger partial charge in [-0.2, -0.15) is 10.2 Å². The molecule has 0 aliphatic carbocycles. The summed E-state index contributed by atoms with van der Waals surface area (Å²) >= 11 is 0. The van der Waals surface area contributed by atoms with Crippen molar-refractivity contribution < 1.29 is 13.2 Å². The van der Waals surface area contributed by atoms with E-state index in [9.17, 15) is 13.2 Å². The summed E-state index contributed by atoms with van der Waals surface area (Å²) in [6.07, 6.45) is 5.16. The average Bonchev–Trinajstić information content (AvgIpc) is 3.33. The summed E-state index contributed by atoms with van der Waals surface area (Å²) in [5.41, 5.74) is 2.04. The molecule has 0 fully saturated rings. The third-order valence-electron chi connectivity index (χ3n) is 4.76. The smallest absolute Gasteiger partial charge is 0.255 e. The van der Waals surface area contributed by atoms with Gasteiger partial charge in [-0.1, -0.05) is 37.3 Å². The molecule has 0 saturated carbocycles. The fourth-order valence-corrected chi connectivity index (χ4v) is 4.12. The van der Waals surface area contributed by atoms with Crippen LogP contribution < -0.4 is 10.0 Å². The molecule has 9 nitrogen and oxygen atoms in total. The van der Waals surface area contributed by atoms with Crippen molar-refractivity contribution in [3.63, 3.8) is 0 Å². The van der Waals surface area contributed by atoms with Gasteiger partial charge in [0.1, 0.15) is 4.90 Å². The van der Waals surface area contributed by atoms with Crippen molar-refractivity contribution in [3.05, 3.63) is 65.7 Å². The summed E-state index contributed by atoms with van der Waals surface area (Å²) in [5, 5.41) is 11.1. The summed E-state index contributed by atoms with van der Waals surface area (Å²) in [6, 6.07) is 8.68. The topological polar surface area (TPSA) is 111 Å². The molecular weight excluding hydrogens is 404 g/mol. The molecule has 3 rings (SSSR count). The van der Waals surface area contributed by atoms with E-state index < -0.39 is 16.1 Å². The Morgan fingerprint density at radius 2 is 1.90 bits per heavy atom. The van der Waals surface area contributed by atoms with Gasteiger partial charge in [0.05, 0.1) is 24.0 Å². The van der Waals surface area contributed by atoms with Gasteiger partial charge in [-0.15, -0.1) is 0 Å². The van der Waals surface area contributed by atoms with Crippen LogP contribution in [0.4, 0.5) is 0 Å². The van der Waals surface area contributed by atoms with Gasteiger partial charge >= 0.3 is 0 Å². The van der Waals surface area contributed by atoms with E-state index in [0.717, 1.165) is 24.2 Å². The normalized spacial score (nSPS) is 12.6. The first-order valence-electron chi connectivity index (χ1n) is 9.68. The molecule has 0 aliphatic heterocycles. The maximum atomic E-state index is 12.9. The Hall–Kier alpha value is -2.98. The first-order valence-corrected chi connectivity index (χ1v) is 11.2. The molecule has 2 aromatic heterocycles. The van der Waals surface area contributed by atoms with Crippen molar-refractivity contribution in [1.82, 2.24) is 29.6 Å². The van der Waals surface area contributed by atoms with Gasteiger partial charge in [-0.05, 0) is 18.9 Å². The molecule has 2 heterocycles. The highest BCUT2D eigenvalue weighted by atomic mass is 32.2. The second-order valence-electron chi connectivity index (χ2n) is 7.01. The zero-order chi connectivity index (χ0) is 21.7. The van der Waals surface area contributed by atoms with Gasteiger partial charge in [0.15, 0.2) is 0 Å². The highest BCUT2D eigenvalue weighted by Gasteiger charge is 2.23. The van der Waals surface area contributed by atoms with Crippen LogP contribution in [0.25, 0.3) is 0 Å². The number of benzene rings is 1. The van der Waals surface area contributed by atoms with E-state index >= 15 is 0 Å². The van der Waals surface area contributed by atoms with E-state index in [-0.39, 0.29) is 17.3 Å². The molecule has 1 atom stereocenters. The Bertz CT molecular complexity index is 1100. The average molecular weight is 431 g/mol. The van der Waals surface area contributed by atoms with Gasteiger partial charge < -0.3 is 5.32 Å². The Kier molecular flexibility index (Phi) is 6.68. The molecule has 160 valence electrons. The minimum atomic E-state index is -3.76. The summed E-state index contributed by atoms with van der Waals surface area (Å²) < 4.78 is 30.9. The third-order valence-corrected chi connectivity index (χ3v) is 6.14. The van der Waals surface area contributed by atoms with E-state index in [1.54, 1.807) is 17.9 Å². The number of carbonyl (C=O) groups excluding carboxylic acids is 1. The number of rotatable bonds is 9. The fourth-order valence-electron chi connectivity index (χ4n) is 3.09.